The van der Waals surface area contributed by atoms with E-state index in [2.05, 4.69) is 16.0 Å². The second-order valence-corrected chi connectivity index (χ2v) is 6.83. The summed E-state index contributed by atoms with van der Waals surface area (Å²) >= 11 is 0. The predicted octanol–water partition coefficient (Wildman–Crippen LogP) is 1.32. The zero-order chi connectivity index (χ0) is 17.3. The van der Waals surface area contributed by atoms with Crippen LogP contribution in [0.25, 0.3) is 0 Å². The largest absolute Gasteiger partial charge is 0.444 e. The summed E-state index contributed by atoms with van der Waals surface area (Å²) < 4.78 is 5.03. The molecular formula is C16H29N3O4. The molecule has 0 radical (unpaired) electrons. The fraction of sp³-hybridized carbons (Fsp3) is 0.812. The average Bonchev–Trinajstić information content (AvgIpc) is 2.48. The van der Waals surface area contributed by atoms with E-state index in [9.17, 15) is 14.4 Å². The maximum atomic E-state index is 11.9. The third-order valence-electron chi connectivity index (χ3n) is 3.51. The van der Waals surface area contributed by atoms with Crippen LogP contribution in [0, 0.1) is 5.92 Å². The fourth-order valence-electron chi connectivity index (χ4n) is 2.43. The van der Waals surface area contributed by atoms with Crippen molar-refractivity contribution >= 4 is 17.9 Å². The van der Waals surface area contributed by atoms with E-state index in [-0.39, 0.29) is 24.3 Å². The highest BCUT2D eigenvalue weighted by Gasteiger charge is 2.20. The minimum atomic E-state index is -0.627. The molecule has 1 rings (SSSR count). The molecule has 3 N–H and O–H groups in total. The third kappa shape index (κ3) is 9.05. The lowest BCUT2D eigenvalue weighted by Crippen LogP contribution is -2.42. The van der Waals surface area contributed by atoms with Crippen molar-refractivity contribution in [2.75, 3.05) is 19.6 Å². The van der Waals surface area contributed by atoms with Gasteiger partial charge in [-0.2, -0.15) is 0 Å². The van der Waals surface area contributed by atoms with E-state index in [1.54, 1.807) is 20.8 Å². The molecule has 0 atom stereocenters. The maximum Gasteiger partial charge on any atom is 0.408 e. The number of rotatable bonds is 6. The van der Waals surface area contributed by atoms with Gasteiger partial charge in [-0.25, -0.2) is 4.79 Å². The topological polar surface area (TPSA) is 96.5 Å². The number of carbonyl (C=O) groups excluding carboxylic acids is 3. The first kappa shape index (κ1) is 19.3. The summed E-state index contributed by atoms with van der Waals surface area (Å²) in [7, 11) is 0. The van der Waals surface area contributed by atoms with Crippen LogP contribution in [0.2, 0.25) is 0 Å². The summed E-state index contributed by atoms with van der Waals surface area (Å²) in [4.78, 5) is 34.8. The number of alkyl carbamates (subject to hydrolysis) is 1. The van der Waals surface area contributed by atoms with Gasteiger partial charge in [-0.1, -0.05) is 19.3 Å². The first-order valence-corrected chi connectivity index (χ1v) is 8.29. The van der Waals surface area contributed by atoms with Crippen LogP contribution in [0.15, 0.2) is 0 Å². The van der Waals surface area contributed by atoms with Gasteiger partial charge in [0.05, 0.1) is 6.54 Å². The molecule has 0 heterocycles. The van der Waals surface area contributed by atoms with E-state index < -0.39 is 11.7 Å². The number of amides is 3. The van der Waals surface area contributed by atoms with E-state index in [0.29, 0.717) is 13.1 Å². The molecule has 0 aliphatic heterocycles. The molecule has 0 spiro atoms. The van der Waals surface area contributed by atoms with Gasteiger partial charge in [0.1, 0.15) is 5.60 Å². The molecule has 7 nitrogen and oxygen atoms in total. The van der Waals surface area contributed by atoms with Crippen molar-refractivity contribution in [3.63, 3.8) is 0 Å². The molecule has 7 heteroatoms. The second-order valence-electron chi connectivity index (χ2n) is 6.83. The van der Waals surface area contributed by atoms with Gasteiger partial charge in [0.2, 0.25) is 11.8 Å². The zero-order valence-electron chi connectivity index (χ0n) is 14.4. The molecule has 0 unspecified atom stereocenters. The highest BCUT2D eigenvalue weighted by Crippen LogP contribution is 2.23. The average molecular weight is 327 g/mol. The third-order valence-corrected chi connectivity index (χ3v) is 3.51. The Morgan fingerprint density at radius 1 is 0.957 bits per heavy atom. The van der Waals surface area contributed by atoms with E-state index in [0.717, 1.165) is 25.7 Å². The molecule has 132 valence electrons. The summed E-state index contributed by atoms with van der Waals surface area (Å²) in [6.07, 6.45) is 4.73. The van der Waals surface area contributed by atoms with Crippen molar-refractivity contribution in [2.24, 2.45) is 5.92 Å². The van der Waals surface area contributed by atoms with E-state index >= 15 is 0 Å². The number of ether oxygens (including phenoxy) is 1. The molecule has 1 saturated carbocycles. The van der Waals surface area contributed by atoms with Crippen LogP contribution >= 0.6 is 0 Å². The van der Waals surface area contributed by atoms with Crippen LogP contribution in [0.5, 0.6) is 0 Å². The molecule has 3 amide bonds. The van der Waals surface area contributed by atoms with E-state index in [4.69, 9.17) is 4.74 Å². The first-order chi connectivity index (χ1) is 10.8. The van der Waals surface area contributed by atoms with Crippen molar-refractivity contribution in [2.45, 2.75) is 58.5 Å². The van der Waals surface area contributed by atoms with Gasteiger partial charge in [-0.05, 0) is 33.6 Å². The molecule has 1 aliphatic carbocycles. The van der Waals surface area contributed by atoms with Crippen LogP contribution in [0.3, 0.4) is 0 Å². The Kier molecular flexibility index (Phi) is 7.85. The van der Waals surface area contributed by atoms with Crippen molar-refractivity contribution in [3.05, 3.63) is 0 Å². The lowest BCUT2D eigenvalue weighted by Gasteiger charge is -2.20. The Bertz CT molecular complexity index is 412. The number of nitrogens with one attached hydrogen (secondary N) is 3. The molecule has 0 saturated heterocycles. The highest BCUT2D eigenvalue weighted by atomic mass is 16.6. The number of hydrogen-bond acceptors (Lipinski definition) is 4. The SMILES string of the molecule is CC(C)(C)OC(=O)NCC(=O)NCCNC(=O)C1CCCCC1. The van der Waals surface area contributed by atoms with Gasteiger partial charge in [-0.15, -0.1) is 0 Å². The smallest absolute Gasteiger partial charge is 0.408 e. The van der Waals surface area contributed by atoms with Gasteiger partial charge in [-0.3, -0.25) is 9.59 Å². The Balaban J connectivity index is 2.07. The molecule has 0 aromatic rings. The van der Waals surface area contributed by atoms with Crippen LogP contribution in [-0.4, -0.2) is 43.1 Å². The van der Waals surface area contributed by atoms with Crippen LogP contribution in [0.4, 0.5) is 4.79 Å². The Labute approximate surface area is 137 Å². The monoisotopic (exact) mass is 327 g/mol. The summed E-state index contributed by atoms with van der Waals surface area (Å²) in [5.41, 5.74) is -0.593. The Morgan fingerprint density at radius 3 is 2.17 bits per heavy atom. The lowest BCUT2D eigenvalue weighted by atomic mass is 9.89. The van der Waals surface area contributed by atoms with Gasteiger partial charge in [0.15, 0.2) is 0 Å². The molecule has 23 heavy (non-hydrogen) atoms. The van der Waals surface area contributed by atoms with Crippen LogP contribution < -0.4 is 16.0 Å². The lowest BCUT2D eigenvalue weighted by molar-refractivity contribution is -0.126. The molecule has 1 fully saturated rings. The Hall–Kier alpha value is -1.79. The van der Waals surface area contributed by atoms with Crippen molar-refractivity contribution in [1.82, 2.24) is 16.0 Å². The van der Waals surface area contributed by atoms with Crippen LogP contribution in [-0.2, 0) is 14.3 Å². The van der Waals surface area contributed by atoms with Gasteiger partial charge < -0.3 is 20.7 Å². The minimum Gasteiger partial charge on any atom is -0.444 e. The van der Waals surface area contributed by atoms with Crippen molar-refractivity contribution in [3.8, 4) is 0 Å². The van der Waals surface area contributed by atoms with Crippen molar-refractivity contribution in [1.29, 1.82) is 0 Å². The van der Waals surface area contributed by atoms with Crippen molar-refractivity contribution < 1.29 is 19.1 Å². The highest BCUT2D eigenvalue weighted by molar-refractivity contribution is 5.82. The summed E-state index contributed by atoms with van der Waals surface area (Å²) in [6.45, 7) is 5.84. The van der Waals surface area contributed by atoms with Gasteiger partial charge >= 0.3 is 6.09 Å². The first-order valence-electron chi connectivity index (χ1n) is 8.29. The standard InChI is InChI=1S/C16H29N3O4/c1-16(2,3)23-15(22)19-11-13(20)17-9-10-18-14(21)12-7-5-4-6-8-12/h12H,4-11H2,1-3H3,(H,17,20)(H,18,21)(H,19,22). The normalized spacial score (nSPS) is 15.6. The fourth-order valence-corrected chi connectivity index (χ4v) is 2.43. The molecule has 1 aliphatic rings. The van der Waals surface area contributed by atoms with Gasteiger partial charge in [0.25, 0.3) is 0 Å². The summed E-state index contributed by atoms with van der Waals surface area (Å²) in [6, 6.07) is 0. The minimum absolute atomic E-state index is 0.0748. The number of hydrogen-bond donors (Lipinski definition) is 3. The molecule has 0 bridgehead atoms. The van der Waals surface area contributed by atoms with E-state index in [1.165, 1.54) is 6.42 Å². The van der Waals surface area contributed by atoms with E-state index in [1.807, 2.05) is 0 Å². The summed E-state index contributed by atoms with van der Waals surface area (Å²) in [5.74, 6) is -0.123. The maximum absolute atomic E-state index is 11.9. The Morgan fingerprint density at radius 2 is 1.57 bits per heavy atom. The number of carbonyl (C=O) groups is 3. The second kappa shape index (κ2) is 9.37. The quantitative estimate of drug-likeness (QED) is 0.641. The molecule has 0 aromatic heterocycles. The summed E-state index contributed by atoms with van der Waals surface area (Å²) in [5, 5.41) is 7.85. The zero-order valence-corrected chi connectivity index (χ0v) is 14.4. The predicted molar refractivity (Wildman–Crippen MR) is 86.8 cm³/mol. The molecular weight excluding hydrogens is 298 g/mol. The molecule has 0 aromatic carbocycles. The van der Waals surface area contributed by atoms with Crippen LogP contribution in [0.1, 0.15) is 52.9 Å². The van der Waals surface area contributed by atoms with Gasteiger partial charge in [0, 0.05) is 19.0 Å².